The monoisotopic (exact) mass is 366 g/mol. The van der Waals surface area contributed by atoms with Crippen LogP contribution in [0.4, 0.5) is 8.78 Å². The van der Waals surface area contributed by atoms with Crippen LogP contribution in [0, 0.1) is 13.8 Å². The standard InChI is InChI=1S/C17H20F2N4O3/c1-5-26-14(25)7-10(3)20-13(24)8-23-17-15(11(4)22-23)12(16(18)19)6-9(2)21-17/h6-7,16H,5,8H2,1-4H3,(H,20,24)/b10-7+. The molecule has 0 fully saturated rings. The van der Waals surface area contributed by atoms with E-state index in [-0.39, 0.29) is 29.7 Å². The minimum Gasteiger partial charge on any atom is -0.463 e. The molecule has 1 N–H and O–H groups in total. The predicted molar refractivity (Wildman–Crippen MR) is 90.5 cm³/mol. The van der Waals surface area contributed by atoms with Gasteiger partial charge in [0.05, 0.1) is 17.7 Å². The van der Waals surface area contributed by atoms with Gasteiger partial charge in [0.1, 0.15) is 6.54 Å². The van der Waals surface area contributed by atoms with Crippen molar-refractivity contribution in [2.24, 2.45) is 0 Å². The highest BCUT2D eigenvalue weighted by molar-refractivity contribution is 5.86. The summed E-state index contributed by atoms with van der Waals surface area (Å²) in [6.07, 6.45) is -1.51. The van der Waals surface area contributed by atoms with E-state index in [1.807, 2.05) is 0 Å². The zero-order chi connectivity index (χ0) is 19.4. The summed E-state index contributed by atoms with van der Waals surface area (Å²) in [6.45, 7) is 6.41. The van der Waals surface area contributed by atoms with E-state index in [0.29, 0.717) is 17.1 Å². The van der Waals surface area contributed by atoms with Crippen molar-refractivity contribution in [3.8, 4) is 0 Å². The lowest BCUT2D eigenvalue weighted by Crippen LogP contribution is -2.27. The fourth-order valence-corrected chi connectivity index (χ4v) is 2.59. The van der Waals surface area contributed by atoms with Crippen LogP contribution in [0.5, 0.6) is 0 Å². The summed E-state index contributed by atoms with van der Waals surface area (Å²) < 4.78 is 32.6. The summed E-state index contributed by atoms with van der Waals surface area (Å²) in [5.41, 5.74) is 1.15. The molecule has 0 saturated heterocycles. The molecule has 0 aromatic carbocycles. The van der Waals surface area contributed by atoms with Crippen molar-refractivity contribution >= 4 is 22.9 Å². The lowest BCUT2D eigenvalue weighted by molar-refractivity contribution is -0.137. The second-order valence-electron chi connectivity index (χ2n) is 5.72. The van der Waals surface area contributed by atoms with Crippen LogP contribution >= 0.6 is 0 Å². The minimum absolute atomic E-state index is 0.157. The number of ether oxygens (including phenoxy) is 1. The lowest BCUT2D eigenvalue weighted by Gasteiger charge is -2.07. The normalized spacial score (nSPS) is 11.9. The zero-order valence-corrected chi connectivity index (χ0v) is 15.0. The number of aryl methyl sites for hydroxylation is 2. The summed E-state index contributed by atoms with van der Waals surface area (Å²) in [6, 6.07) is 1.32. The maximum Gasteiger partial charge on any atom is 0.332 e. The number of pyridine rings is 1. The third-order valence-electron chi connectivity index (χ3n) is 3.52. The van der Waals surface area contributed by atoms with Gasteiger partial charge in [-0.15, -0.1) is 0 Å². The number of alkyl halides is 2. The quantitative estimate of drug-likeness (QED) is 0.627. The van der Waals surface area contributed by atoms with Gasteiger partial charge in [-0.1, -0.05) is 0 Å². The van der Waals surface area contributed by atoms with Crippen molar-refractivity contribution in [3.63, 3.8) is 0 Å². The van der Waals surface area contributed by atoms with Crippen molar-refractivity contribution < 1.29 is 23.1 Å². The molecule has 2 aromatic heterocycles. The van der Waals surface area contributed by atoms with Gasteiger partial charge >= 0.3 is 5.97 Å². The number of rotatable bonds is 6. The molecule has 2 rings (SSSR count). The number of fused-ring (bicyclic) bond motifs is 1. The van der Waals surface area contributed by atoms with Crippen LogP contribution in [0.15, 0.2) is 17.8 Å². The number of halogens is 2. The molecule has 0 radical (unpaired) electrons. The van der Waals surface area contributed by atoms with Crippen LogP contribution in [0.2, 0.25) is 0 Å². The van der Waals surface area contributed by atoms with Crippen LogP contribution < -0.4 is 5.32 Å². The van der Waals surface area contributed by atoms with Crippen LogP contribution in [0.1, 0.15) is 37.2 Å². The molecule has 0 aliphatic carbocycles. The Kier molecular flexibility index (Phi) is 6.01. The molecule has 0 saturated carbocycles. The van der Waals surface area contributed by atoms with E-state index in [1.54, 1.807) is 27.7 Å². The molecule has 0 bridgehead atoms. The highest BCUT2D eigenvalue weighted by atomic mass is 19.3. The van der Waals surface area contributed by atoms with Crippen LogP contribution in [-0.4, -0.2) is 33.2 Å². The Labute approximate surface area is 149 Å². The molecular formula is C17H20F2N4O3. The number of carbonyl (C=O) groups excluding carboxylic acids is 2. The molecule has 26 heavy (non-hydrogen) atoms. The first-order chi connectivity index (χ1) is 12.2. The van der Waals surface area contributed by atoms with Crippen LogP contribution in [-0.2, 0) is 20.9 Å². The van der Waals surface area contributed by atoms with Gasteiger partial charge in [0.2, 0.25) is 5.91 Å². The lowest BCUT2D eigenvalue weighted by atomic mass is 10.1. The second-order valence-corrected chi connectivity index (χ2v) is 5.72. The number of nitrogens with one attached hydrogen (secondary N) is 1. The van der Waals surface area contributed by atoms with Gasteiger partial charge in [-0.3, -0.25) is 4.79 Å². The fourth-order valence-electron chi connectivity index (χ4n) is 2.59. The fraction of sp³-hybridized carbons (Fsp3) is 0.412. The smallest absolute Gasteiger partial charge is 0.332 e. The van der Waals surface area contributed by atoms with E-state index < -0.39 is 18.3 Å². The first-order valence-corrected chi connectivity index (χ1v) is 8.00. The maximum absolute atomic E-state index is 13.3. The Morgan fingerprint density at radius 1 is 1.38 bits per heavy atom. The molecule has 0 spiro atoms. The van der Waals surface area contributed by atoms with Crippen molar-refractivity contribution in [2.45, 2.75) is 40.7 Å². The number of amides is 1. The van der Waals surface area contributed by atoms with Gasteiger partial charge in [0, 0.05) is 23.0 Å². The molecule has 7 nitrogen and oxygen atoms in total. The average Bonchev–Trinajstić information content (AvgIpc) is 2.81. The van der Waals surface area contributed by atoms with Gasteiger partial charge in [-0.25, -0.2) is 23.2 Å². The zero-order valence-electron chi connectivity index (χ0n) is 15.0. The number of hydrogen-bond donors (Lipinski definition) is 1. The molecule has 0 aliphatic heterocycles. The first-order valence-electron chi connectivity index (χ1n) is 8.00. The molecule has 140 valence electrons. The van der Waals surface area contributed by atoms with Crippen LogP contribution in [0.25, 0.3) is 11.0 Å². The summed E-state index contributed by atoms with van der Waals surface area (Å²) in [7, 11) is 0. The number of esters is 1. The highest BCUT2D eigenvalue weighted by Gasteiger charge is 2.20. The molecule has 2 heterocycles. The maximum atomic E-state index is 13.3. The first kappa shape index (κ1) is 19.5. The summed E-state index contributed by atoms with van der Waals surface area (Å²) in [5, 5.41) is 6.94. The minimum atomic E-state index is -2.67. The van der Waals surface area contributed by atoms with Gasteiger partial charge in [-0.05, 0) is 33.8 Å². The predicted octanol–water partition coefficient (Wildman–Crippen LogP) is 2.57. The SMILES string of the molecule is CCOC(=O)/C=C(\C)NC(=O)Cn1nc(C)c2c(C(F)F)cc(C)nc21. The average molecular weight is 366 g/mol. The van der Waals surface area contributed by atoms with E-state index in [1.165, 1.54) is 10.7 Å². The number of aromatic nitrogens is 3. The molecule has 9 heteroatoms. The Balaban J connectivity index is 2.26. The van der Waals surface area contributed by atoms with E-state index in [4.69, 9.17) is 4.74 Å². The summed E-state index contributed by atoms with van der Waals surface area (Å²) >= 11 is 0. The molecule has 0 atom stereocenters. The van der Waals surface area contributed by atoms with Gasteiger partial charge in [0.25, 0.3) is 6.43 Å². The van der Waals surface area contributed by atoms with Crippen molar-refractivity contribution in [3.05, 3.63) is 34.8 Å². The Morgan fingerprint density at radius 2 is 2.08 bits per heavy atom. The summed E-state index contributed by atoms with van der Waals surface area (Å²) in [4.78, 5) is 27.8. The second kappa shape index (κ2) is 8.03. The van der Waals surface area contributed by atoms with Crippen molar-refractivity contribution in [2.75, 3.05) is 6.61 Å². The van der Waals surface area contributed by atoms with Gasteiger partial charge in [0.15, 0.2) is 5.65 Å². The van der Waals surface area contributed by atoms with E-state index >= 15 is 0 Å². The Bertz CT molecular complexity index is 875. The Morgan fingerprint density at radius 3 is 2.69 bits per heavy atom. The number of allylic oxidation sites excluding steroid dienone is 1. The number of hydrogen-bond acceptors (Lipinski definition) is 5. The van der Waals surface area contributed by atoms with Crippen LogP contribution in [0.3, 0.4) is 0 Å². The van der Waals surface area contributed by atoms with E-state index in [9.17, 15) is 18.4 Å². The third-order valence-corrected chi connectivity index (χ3v) is 3.52. The molecular weight excluding hydrogens is 346 g/mol. The highest BCUT2D eigenvalue weighted by Crippen LogP contribution is 2.29. The van der Waals surface area contributed by atoms with Crippen molar-refractivity contribution in [1.82, 2.24) is 20.1 Å². The van der Waals surface area contributed by atoms with E-state index in [0.717, 1.165) is 6.08 Å². The van der Waals surface area contributed by atoms with Gasteiger partial charge < -0.3 is 10.1 Å². The number of nitrogens with zero attached hydrogens (tertiary/aromatic N) is 3. The largest absolute Gasteiger partial charge is 0.463 e. The molecule has 0 unspecified atom stereocenters. The Hall–Kier alpha value is -2.84. The van der Waals surface area contributed by atoms with E-state index in [2.05, 4.69) is 15.4 Å². The van der Waals surface area contributed by atoms with Gasteiger partial charge in [-0.2, -0.15) is 5.10 Å². The summed E-state index contributed by atoms with van der Waals surface area (Å²) in [5.74, 6) is -1.03. The molecule has 2 aromatic rings. The molecule has 1 amide bonds. The number of carbonyl (C=O) groups is 2. The third kappa shape index (κ3) is 4.41. The molecule has 0 aliphatic rings. The topological polar surface area (TPSA) is 86.1 Å². The van der Waals surface area contributed by atoms with Crippen molar-refractivity contribution in [1.29, 1.82) is 0 Å².